The molecule has 2 aromatic heterocycles. The number of anilines is 1. The lowest BCUT2D eigenvalue weighted by Gasteiger charge is -2.04. The summed E-state index contributed by atoms with van der Waals surface area (Å²) in [6.45, 7) is 3.98. The molecule has 0 atom stereocenters. The maximum Gasteiger partial charge on any atom is 0.263 e. The number of aliphatic imine (C=N–C) groups is 1. The van der Waals surface area contributed by atoms with E-state index in [0.717, 1.165) is 16.3 Å². The van der Waals surface area contributed by atoms with Crippen LogP contribution in [0.2, 0.25) is 0 Å². The van der Waals surface area contributed by atoms with Gasteiger partial charge in [0.05, 0.1) is 10.6 Å². The van der Waals surface area contributed by atoms with Crippen LogP contribution in [0.5, 0.6) is 0 Å². The van der Waals surface area contributed by atoms with E-state index in [0.29, 0.717) is 5.69 Å². The third-order valence-electron chi connectivity index (χ3n) is 3.24. The molecule has 0 fully saturated rings. The van der Waals surface area contributed by atoms with Gasteiger partial charge in [-0.05, 0) is 49.7 Å². The van der Waals surface area contributed by atoms with Crippen LogP contribution in [-0.4, -0.2) is 24.8 Å². The Morgan fingerprint density at radius 1 is 1.12 bits per heavy atom. The number of aryl methyl sites for hydroxylation is 2. The molecule has 3 aromatic rings. The molecule has 0 saturated carbocycles. The standard InChI is InChI=1S/C16H16N4O2S3/c1-3-15-18-19-16(24-15)20-25(21,22)14-8-5-12(6-9-14)17-10-13-7-4-11(2)23-13/h4-10H,3H2,1-2H3,(H,19,20). The molecule has 3 rings (SSSR count). The molecular formula is C16H16N4O2S3. The fourth-order valence-corrected chi connectivity index (χ4v) is 4.64. The molecule has 0 radical (unpaired) electrons. The van der Waals surface area contributed by atoms with Crippen molar-refractivity contribution in [3.05, 3.63) is 51.2 Å². The number of nitrogens with one attached hydrogen (secondary N) is 1. The van der Waals surface area contributed by atoms with Gasteiger partial charge in [0.2, 0.25) is 5.13 Å². The third-order valence-corrected chi connectivity index (χ3v) is 6.64. The van der Waals surface area contributed by atoms with Gasteiger partial charge in [-0.15, -0.1) is 21.5 Å². The molecule has 9 heteroatoms. The van der Waals surface area contributed by atoms with E-state index in [1.807, 2.05) is 26.0 Å². The van der Waals surface area contributed by atoms with E-state index in [-0.39, 0.29) is 10.0 Å². The van der Waals surface area contributed by atoms with E-state index < -0.39 is 10.0 Å². The maximum atomic E-state index is 12.4. The summed E-state index contributed by atoms with van der Waals surface area (Å²) in [7, 11) is -3.68. The third kappa shape index (κ3) is 4.50. The summed E-state index contributed by atoms with van der Waals surface area (Å²) in [5.41, 5.74) is 0.689. The fraction of sp³-hybridized carbons (Fsp3) is 0.188. The summed E-state index contributed by atoms with van der Waals surface area (Å²) < 4.78 is 27.2. The number of nitrogens with zero attached hydrogens (tertiary/aromatic N) is 3. The first-order valence-electron chi connectivity index (χ1n) is 7.52. The zero-order valence-electron chi connectivity index (χ0n) is 13.6. The zero-order valence-corrected chi connectivity index (χ0v) is 16.1. The lowest BCUT2D eigenvalue weighted by Crippen LogP contribution is -2.12. The fourth-order valence-electron chi connectivity index (χ4n) is 1.98. The Hall–Kier alpha value is -2.10. The second-order valence-electron chi connectivity index (χ2n) is 5.16. The van der Waals surface area contributed by atoms with Gasteiger partial charge in [-0.1, -0.05) is 18.3 Å². The first-order chi connectivity index (χ1) is 12.0. The van der Waals surface area contributed by atoms with Crippen LogP contribution >= 0.6 is 22.7 Å². The van der Waals surface area contributed by atoms with E-state index in [2.05, 4.69) is 19.9 Å². The molecule has 0 amide bonds. The van der Waals surface area contributed by atoms with Crippen LogP contribution in [0, 0.1) is 6.92 Å². The smallest absolute Gasteiger partial charge is 0.255 e. The number of rotatable bonds is 6. The van der Waals surface area contributed by atoms with Gasteiger partial charge in [0, 0.05) is 16.0 Å². The maximum absolute atomic E-state index is 12.4. The Labute approximate surface area is 154 Å². The number of hydrogen-bond acceptors (Lipinski definition) is 7. The minimum absolute atomic E-state index is 0.159. The van der Waals surface area contributed by atoms with E-state index in [1.54, 1.807) is 29.7 Å². The van der Waals surface area contributed by atoms with Gasteiger partial charge in [-0.3, -0.25) is 9.71 Å². The highest BCUT2D eigenvalue weighted by Crippen LogP contribution is 2.22. The highest BCUT2D eigenvalue weighted by molar-refractivity contribution is 7.93. The van der Waals surface area contributed by atoms with Gasteiger partial charge in [0.1, 0.15) is 5.01 Å². The van der Waals surface area contributed by atoms with Crippen molar-refractivity contribution in [1.29, 1.82) is 0 Å². The Morgan fingerprint density at radius 2 is 1.88 bits per heavy atom. The first kappa shape index (κ1) is 17.7. The van der Waals surface area contributed by atoms with Crippen molar-refractivity contribution in [2.45, 2.75) is 25.2 Å². The van der Waals surface area contributed by atoms with Crippen LogP contribution in [0.4, 0.5) is 10.8 Å². The zero-order chi connectivity index (χ0) is 17.9. The number of benzene rings is 1. The largest absolute Gasteiger partial charge is 0.263 e. The highest BCUT2D eigenvalue weighted by atomic mass is 32.2. The predicted octanol–water partition coefficient (Wildman–Crippen LogP) is 4.02. The predicted molar refractivity (Wildman–Crippen MR) is 103 cm³/mol. The van der Waals surface area contributed by atoms with Gasteiger partial charge in [-0.25, -0.2) is 8.42 Å². The van der Waals surface area contributed by atoms with Crippen molar-refractivity contribution in [3.8, 4) is 0 Å². The molecule has 0 aliphatic heterocycles. The van der Waals surface area contributed by atoms with Gasteiger partial charge >= 0.3 is 0 Å². The molecule has 0 bridgehead atoms. The second-order valence-corrected chi connectivity index (χ2v) is 9.22. The molecule has 0 aliphatic carbocycles. The van der Waals surface area contributed by atoms with Crippen molar-refractivity contribution in [2.75, 3.05) is 4.72 Å². The van der Waals surface area contributed by atoms with Gasteiger partial charge < -0.3 is 0 Å². The lowest BCUT2D eigenvalue weighted by atomic mass is 10.3. The SMILES string of the molecule is CCc1nnc(NS(=O)(=O)c2ccc(N=Cc3ccc(C)s3)cc2)s1. The average molecular weight is 393 g/mol. The van der Waals surface area contributed by atoms with Crippen molar-refractivity contribution in [1.82, 2.24) is 10.2 Å². The molecule has 6 nitrogen and oxygen atoms in total. The normalized spacial score (nSPS) is 11.9. The van der Waals surface area contributed by atoms with Crippen molar-refractivity contribution >= 4 is 49.7 Å². The first-order valence-corrected chi connectivity index (χ1v) is 10.6. The second kappa shape index (κ2) is 7.42. The van der Waals surface area contributed by atoms with E-state index in [9.17, 15) is 8.42 Å². The van der Waals surface area contributed by atoms with E-state index >= 15 is 0 Å². The molecular weight excluding hydrogens is 376 g/mol. The van der Waals surface area contributed by atoms with Gasteiger partial charge in [0.25, 0.3) is 10.0 Å². The summed E-state index contributed by atoms with van der Waals surface area (Å²) in [6.07, 6.45) is 2.49. The average Bonchev–Trinajstić information content (AvgIpc) is 3.21. The van der Waals surface area contributed by atoms with Crippen LogP contribution < -0.4 is 4.72 Å². The van der Waals surface area contributed by atoms with Gasteiger partial charge in [-0.2, -0.15) is 0 Å². The molecule has 130 valence electrons. The minimum atomic E-state index is -3.68. The topological polar surface area (TPSA) is 84.3 Å². The molecule has 0 unspecified atom stereocenters. The Kier molecular flexibility index (Phi) is 5.26. The minimum Gasteiger partial charge on any atom is -0.255 e. The number of hydrogen-bond donors (Lipinski definition) is 1. The Morgan fingerprint density at radius 3 is 2.48 bits per heavy atom. The molecule has 2 heterocycles. The molecule has 0 saturated heterocycles. The summed E-state index contributed by atoms with van der Waals surface area (Å²) in [5.74, 6) is 0. The van der Waals surface area contributed by atoms with Crippen LogP contribution in [0.25, 0.3) is 0 Å². The van der Waals surface area contributed by atoms with Crippen LogP contribution in [0.1, 0.15) is 21.7 Å². The van der Waals surface area contributed by atoms with Gasteiger partial charge in [0.15, 0.2) is 0 Å². The Balaban J connectivity index is 1.73. The summed E-state index contributed by atoms with van der Waals surface area (Å²) in [6, 6.07) is 10.4. The molecule has 1 aromatic carbocycles. The van der Waals surface area contributed by atoms with Crippen LogP contribution in [-0.2, 0) is 16.4 Å². The molecule has 25 heavy (non-hydrogen) atoms. The van der Waals surface area contributed by atoms with Crippen molar-refractivity contribution < 1.29 is 8.42 Å². The van der Waals surface area contributed by atoms with E-state index in [4.69, 9.17) is 0 Å². The van der Waals surface area contributed by atoms with E-state index in [1.165, 1.54) is 28.3 Å². The summed E-state index contributed by atoms with van der Waals surface area (Å²) >= 11 is 2.88. The lowest BCUT2D eigenvalue weighted by molar-refractivity contribution is 0.601. The van der Waals surface area contributed by atoms with Crippen molar-refractivity contribution in [3.63, 3.8) is 0 Å². The number of thiophene rings is 1. The number of aromatic nitrogens is 2. The molecule has 0 spiro atoms. The molecule has 0 aliphatic rings. The quantitative estimate of drug-likeness (QED) is 0.642. The van der Waals surface area contributed by atoms with Crippen molar-refractivity contribution in [2.24, 2.45) is 4.99 Å². The van der Waals surface area contributed by atoms with Crippen LogP contribution in [0.15, 0.2) is 46.3 Å². The molecule has 1 N–H and O–H groups in total. The van der Waals surface area contributed by atoms with Crippen LogP contribution in [0.3, 0.4) is 0 Å². The number of sulfonamides is 1. The Bertz CT molecular complexity index is 989. The highest BCUT2D eigenvalue weighted by Gasteiger charge is 2.16. The summed E-state index contributed by atoms with van der Waals surface area (Å²) in [4.78, 5) is 6.79. The monoisotopic (exact) mass is 392 g/mol. The summed E-state index contributed by atoms with van der Waals surface area (Å²) in [5, 5.41) is 8.79.